The fraction of sp³-hybridized carbons (Fsp3) is 0.172. The second-order valence-electron chi connectivity index (χ2n) is 9.30. The molecule has 0 saturated heterocycles. The molecule has 1 aromatic heterocycles. The van der Waals surface area contributed by atoms with E-state index in [4.69, 9.17) is 14.2 Å². The molecule has 0 unspecified atom stereocenters. The maximum Gasteiger partial charge on any atom is 0.359 e. The van der Waals surface area contributed by atoms with Crippen molar-refractivity contribution in [3.63, 3.8) is 0 Å². The van der Waals surface area contributed by atoms with E-state index in [1.807, 2.05) is 0 Å². The molecule has 0 aliphatic carbocycles. The molecule has 0 radical (unpaired) electrons. The summed E-state index contributed by atoms with van der Waals surface area (Å²) < 4.78 is 80.8. The number of allylic oxidation sites excluding steroid dienone is 4. The van der Waals surface area contributed by atoms with Gasteiger partial charge in [-0.15, -0.1) is 0 Å². The third-order valence-electron chi connectivity index (χ3n) is 6.25. The van der Waals surface area contributed by atoms with E-state index in [-0.39, 0.29) is 52.4 Å². The van der Waals surface area contributed by atoms with Gasteiger partial charge in [-0.25, -0.2) is 9.48 Å². The maximum atomic E-state index is 13.2. The average molecular weight is 689 g/mol. The van der Waals surface area contributed by atoms with E-state index in [1.165, 1.54) is 54.6 Å². The number of hydrazone groups is 1. The highest BCUT2D eigenvalue weighted by Crippen LogP contribution is 2.26. The molecule has 0 spiro atoms. The summed E-state index contributed by atoms with van der Waals surface area (Å²) in [5.41, 5.74) is -0.586. The van der Waals surface area contributed by atoms with Crippen LogP contribution >= 0.6 is 0 Å². The molecule has 2 aromatic carbocycles. The molecule has 3 aromatic rings. The quantitative estimate of drug-likeness (QED) is 0.0588. The van der Waals surface area contributed by atoms with Crippen molar-refractivity contribution in [1.29, 1.82) is 0 Å². The lowest BCUT2D eigenvalue weighted by atomic mass is 10.1. The van der Waals surface area contributed by atoms with Crippen LogP contribution in [0.1, 0.15) is 19.4 Å². The van der Waals surface area contributed by atoms with E-state index in [2.05, 4.69) is 10.2 Å². The molecule has 0 fully saturated rings. The number of amides is 1. The number of esters is 1. The molecule has 1 aliphatic heterocycles. The standard InChI is InChI=1S/C29H28N4O12S2/c1-3-43-18-45-26-24(28(35)33(31-26)20-12-16-22(17-13-20)47(40,41)42)9-7-5-6-8-23-25(29(36)44-4-2)30-32(27(23)34)19-10-14-21(15-11-19)46(37,38)39/h5-17,31H,3-4,18H2,1-2H3,(H,37,38,39)(H,40,41,42)/b6-5?,9-7?,23-8-. The second kappa shape index (κ2) is 14.5. The summed E-state index contributed by atoms with van der Waals surface area (Å²) in [4.78, 5) is 38.3. The normalized spacial score (nSPS) is 14.8. The number of carbonyl (C=O) groups is 2. The van der Waals surface area contributed by atoms with Gasteiger partial charge in [0.25, 0.3) is 31.7 Å². The monoisotopic (exact) mass is 688 g/mol. The average Bonchev–Trinajstić information content (AvgIpc) is 3.52. The first-order valence-electron chi connectivity index (χ1n) is 13.6. The van der Waals surface area contributed by atoms with Gasteiger partial charge in [-0.2, -0.15) is 26.9 Å². The van der Waals surface area contributed by atoms with E-state index in [0.717, 1.165) is 34.0 Å². The number of hydrogen-bond donors (Lipinski definition) is 3. The number of hydrogen-bond acceptors (Lipinski definition) is 11. The number of H-pyrrole nitrogens is 1. The van der Waals surface area contributed by atoms with Crippen LogP contribution in [-0.2, 0) is 39.3 Å². The van der Waals surface area contributed by atoms with Crippen molar-refractivity contribution in [1.82, 2.24) is 9.78 Å². The molecule has 4 rings (SSSR count). The zero-order chi connectivity index (χ0) is 34.4. The van der Waals surface area contributed by atoms with Crippen LogP contribution in [0.5, 0.6) is 5.88 Å². The number of nitrogens with one attached hydrogen (secondary N) is 1. The van der Waals surface area contributed by atoms with Crippen molar-refractivity contribution in [2.45, 2.75) is 23.6 Å². The number of anilines is 1. The molecule has 0 atom stereocenters. The minimum absolute atomic E-state index is 0.00747. The summed E-state index contributed by atoms with van der Waals surface area (Å²) in [6.07, 6.45) is 7.01. The molecule has 0 saturated carbocycles. The Morgan fingerprint density at radius 2 is 1.47 bits per heavy atom. The van der Waals surface area contributed by atoms with Gasteiger partial charge in [0.15, 0.2) is 12.5 Å². The first kappa shape index (κ1) is 34.7. The van der Waals surface area contributed by atoms with Crippen molar-refractivity contribution >= 4 is 49.6 Å². The van der Waals surface area contributed by atoms with E-state index in [0.29, 0.717) is 6.61 Å². The summed E-state index contributed by atoms with van der Waals surface area (Å²) in [6.45, 7) is 3.49. The Balaban J connectivity index is 1.62. The number of benzene rings is 2. The number of aromatic nitrogens is 2. The summed E-state index contributed by atoms with van der Waals surface area (Å²) >= 11 is 0. The Morgan fingerprint density at radius 3 is 2.02 bits per heavy atom. The number of rotatable bonds is 13. The van der Waals surface area contributed by atoms with Crippen LogP contribution in [0, 0.1) is 0 Å². The van der Waals surface area contributed by atoms with Gasteiger partial charge in [0, 0.05) is 6.61 Å². The lowest BCUT2D eigenvalue weighted by Gasteiger charge is -2.11. The van der Waals surface area contributed by atoms with Gasteiger partial charge in [-0.05, 0) is 74.5 Å². The molecule has 1 aliphatic rings. The summed E-state index contributed by atoms with van der Waals surface area (Å²) in [5.74, 6) is -1.56. The number of ether oxygens (including phenoxy) is 3. The van der Waals surface area contributed by atoms with E-state index >= 15 is 0 Å². The van der Waals surface area contributed by atoms with E-state index in [1.54, 1.807) is 13.8 Å². The van der Waals surface area contributed by atoms with Crippen LogP contribution in [0.25, 0.3) is 11.8 Å². The molecule has 3 N–H and O–H groups in total. The van der Waals surface area contributed by atoms with Gasteiger partial charge in [0.1, 0.15) is 5.56 Å². The van der Waals surface area contributed by atoms with Gasteiger partial charge in [-0.3, -0.25) is 23.8 Å². The highest BCUT2D eigenvalue weighted by Gasteiger charge is 2.35. The third-order valence-corrected chi connectivity index (χ3v) is 7.98. The minimum Gasteiger partial charge on any atom is -0.461 e. The van der Waals surface area contributed by atoms with Crippen LogP contribution in [0.3, 0.4) is 0 Å². The predicted octanol–water partition coefficient (Wildman–Crippen LogP) is 2.49. The van der Waals surface area contributed by atoms with Crippen molar-refractivity contribution in [3.05, 3.63) is 94.3 Å². The minimum atomic E-state index is -4.47. The first-order chi connectivity index (χ1) is 22.3. The van der Waals surface area contributed by atoms with E-state index in [9.17, 15) is 40.3 Å². The van der Waals surface area contributed by atoms with Gasteiger partial charge in [0.2, 0.25) is 5.88 Å². The van der Waals surface area contributed by atoms with Crippen LogP contribution in [0.2, 0.25) is 0 Å². The van der Waals surface area contributed by atoms with Crippen LogP contribution in [-0.4, -0.2) is 73.3 Å². The predicted molar refractivity (Wildman–Crippen MR) is 167 cm³/mol. The topological polar surface area (TPSA) is 224 Å². The molecule has 16 nitrogen and oxygen atoms in total. The maximum absolute atomic E-state index is 13.2. The summed E-state index contributed by atoms with van der Waals surface area (Å²) in [6, 6.07) is 9.45. The van der Waals surface area contributed by atoms with E-state index < -0.39 is 42.6 Å². The lowest BCUT2D eigenvalue weighted by molar-refractivity contribution is -0.135. The van der Waals surface area contributed by atoms with Crippen LogP contribution in [0.4, 0.5) is 5.69 Å². The Morgan fingerprint density at radius 1 is 0.872 bits per heavy atom. The Hall–Kier alpha value is -5.14. The van der Waals surface area contributed by atoms with Crippen LogP contribution in [0.15, 0.2) is 98.1 Å². The molecule has 18 heteroatoms. The zero-order valence-corrected chi connectivity index (χ0v) is 26.4. The third kappa shape index (κ3) is 8.18. The largest absolute Gasteiger partial charge is 0.461 e. The molecule has 0 bridgehead atoms. The summed E-state index contributed by atoms with van der Waals surface area (Å²) in [5, 5.41) is 7.71. The Bertz CT molecular complexity index is 2060. The lowest BCUT2D eigenvalue weighted by Crippen LogP contribution is -2.22. The van der Waals surface area contributed by atoms with Crippen molar-refractivity contribution in [3.8, 4) is 11.6 Å². The highest BCUT2D eigenvalue weighted by atomic mass is 32.2. The van der Waals surface area contributed by atoms with Crippen molar-refractivity contribution in [2.75, 3.05) is 25.0 Å². The van der Waals surface area contributed by atoms with Gasteiger partial charge in [0.05, 0.1) is 33.3 Å². The Labute approximate surface area is 268 Å². The summed E-state index contributed by atoms with van der Waals surface area (Å²) in [7, 11) is -8.91. The fourth-order valence-corrected chi connectivity index (χ4v) is 5.00. The SMILES string of the molecule is CCOCOc1[nH]n(-c2ccc(S(=O)(=O)O)cc2)c(=O)c1C=CC=C/C=C1\C(=O)N(c2ccc(S(=O)(=O)O)cc2)N=C1C(=O)OCC. The molecular weight excluding hydrogens is 660 g/mol. The molecular formula is C29H28N4O12S2. The number of carbonyl (C=O) groups excluding carboxylic acids is 2. The van der Waals surface area contributed by atoms with Gasteiger partial charge in [-0.1, -0.05) is 18.2 Å². The number of aromatic amines is 1. The Kier molecular flexibility index (Phi) is 10.7. The molecule has 47 heavy (non-hydrogen) atoms. The molecule has 2 heterocycles. The van der Waals surface area contributed by atoms with Gasteiger partial charge >= 0.3 is 5.97 Å². The van der Waals surface area contributed by atoms with Crippen molar-refractivity contribution < 1.29 is 49.7 Å². The zero-order valence-electron chi connectivity index (χ0n) is 24.8. The molecule has 1 amide bonds. The first-order valence-corrected chi connectivity index (χ1v) is 16.5. The van der Waals surface area contributed by atoms with Gasteiger partial charge < -0.3 is 14.2 Å². The highest BCUT2D eigenvalue weighted by molar-refractivity contribution is 7.86. The smallest absolute Gasteiger partial charge is 0.359 e. The fourth-order valence-electron chi connectivity index (χ4n) is 4.04. The van der Waals surface area contributed by atoms with Crippen molar-refractivity contribution in [2.24, 2.45) is 5.10 Å². The van der Waals surface area contributed by atoms with Crippen LogP contribution < -0.4 is 15.3 Å². The number of nitrogens with zero attached hydrogens (tertiary/aromatic N) is 3. The molecule has 248 valence electrons. The second-order valence-corrected chi connectivity index (χ2v) is 12.1.